The van der Waals surface area contributed by atoms with Crippen LogP contribution in [0.4, 0.5) is 10.5 Å². The fourth-order valence-corrected chi connectivity index (χ4v) is 5.09. The smallest absolute Gasteiger partial charge is 0.302 e. The van der Waals surface area contributed by atoms with Crippen molar-refractivity contribution in [3.63, 3.8) is 0 Å². The van der Waals surface area contributed by atoms with Crippen molar-refractivity contribution in [1.29, 1.82) is 0 Å². The lowest BCUT2D eigenvalue weighted by molar-refractivity contribution is 0.102. The highest BCUT2D eigenvalue weighted by molar-refractivity contribution is 8.14. The summed E-state index contributed by atoms with van der Waals surface area (Å²) in [4.78, 5) is 29.3. The number of pyridine rings is 1. The Bertz CT molecular complexity index is 1360. The summed E-state index contributed by atoms with van der Waals surface area (Å²) in [5.74, 6) is -0.303. The van der Waals surface area contributed by atoms with Gasteiger partial charge in [0.2, 0.25) is 0 Å². The van der Waals surface area contributed by atoms with Gasteiger partial charge in [0.05, 0.1) is 22.4 Å². The molecule has 1 aromatic heterocycles. The second kappa shape index (κ2) is 10.4. The molecule has 0 bridgehead atoms. The maximum Gasteiger partial charge on any atom is 0.302 e. The summed E-state index contributed by atoms with van der Waals surface area (Å²) in [6, 6.07) is 18.9. The minimum Gasteiger partial charge on any atom is -0.321 e. The molecule has 0 aliphatic carbocycles. The summed E-state index contributed by atoms with van der Waals surface area (Å²) in [6.07, 6.45) is 3.44. The van der Waals surface area contributed by atoms with Gasteiger partial charge < -0.3 is 5.32 Å². The number of carbonyl (C=O) groups excluding carboxylic acids is 2. The third-order valence-electron chi connectivity index (χ3n) is 5.38. The maximum atomic E-state index is 12.7. The van der Waals surface area contributed by atoms with Crippen molar-refractivity contribution in [2.45, 2.75) is 30.0 Å². The number of carbonyl (C=O) groups is 2. The number of nitrogens with zero attached hydrogens (tertiary/aromatic N) is 3. The lowest BCUT2D eigenvalue weighted by atomic mass is 10.1. The van der Waals surface area contributed by atoms with E-state index < -0.39 is 9.84 Å². The first kappa shape index (κ1) is 24.6. The van der Waals surface area contributed by atoms with Crippen LogP contribution in [0.25, 0.3) is 0 Å². The van der Waals surface area contributed by atoms with Gasteiger partial charge in [-0.1, -0.05) is 49.0 Å². The molecule has 180 valence electrons. The van der Waals surface area contributed by atoms with Crippen LogP contribution in [0.2, 0.25) is 0 Å². The molecule has 10 heteroatoms. The number of thioether (sulfide) groups is 1. The summed E-state index contributed by atoms with van der Waals surface area (Å²) in [5.41, 5.74) is 3.30. The van der Waals surface area contributed by atoms with Crippen LogP contribution in [-0.4, -0.2) is 46.8 Å². The van der Waals surface area contributed by atoms with Crippen molar-refractivity contribution in [1.82, 2.24) is 9.99 Å². The molecule has 2 aromatic carbocycles. The van der Waals surface area contributed by atoms with Crippen LogP contribution in [0.1, 0.15) is 35.0 Å². The summed E-state index contributed by atoms with van der Waals surface area (Å²) in [6.45, 7) is 2.25. The third kappa shape index (κ3) is 5.95. The summed E-state index contributed by atoms with van der Waals surface area (Å²) in [7, 11) is -3.30. The zero-order valence-corrected chi connectivity index (χ0v) is 20.8. The van der Waals surface area contributed by atoms with Gasteiger partial charge >= 0.3 is 5.24 Å². The number of amides is 2. The monoisotopic (exact) mass is 508 g/mol. The molecule has 1 N–H and O–H groups in total. The van der Waals surface area contributed by atoms with Crippen LogP contribution >= 0.6 is 11.8 Å². The number of nitrogens with one attached hydrogen (secondary N) is 1. The van der Waals surface area contributed by atoms with Crippen molar-refractivity contribution >= 4 is 44.1 Å². The number of rotatable bonds is 7. The lowest BCUT2D eigenvalue weighted by Crippen LogP contribution is -2.34. The SMILES string of the molecule is CCC1SC(=O)N(Cc2ccc(NC(=O)c3ccccn3)cc2)N=C1c1ccc(S(C)(=O)=O)cc1. The average molecular weight is 509 g/mol. The van der Waals surface area contributed by atoms with Crippen LogP contribution in [0.15, 0.2) is 82.9 Å². The molecule has 0 fully saturated rings. The predicted octanol–water partition coefficient (Wildman–Crippen LogP) is 4.59. The van der Waals surface area contributed by atoms with Crippen molar-refractivity contribution in [2.24, 2.45) is 5.10 Å². The highest BCUT2D eigenvalue weighted by Crippen LogP contribution is 2.30. The molecule has 0 saturated carbocycles. The van der Waals surface area contributed by atoms with E-state index in [1.807, 2.05) is 19.1 Å². The van der Waals surface area contributed by atoms with Crippen molar-refractivity contribution in [3.05, 3.63) is 89.7 Å². The van der Waals surface area contributed by atoms with Gasteiger partial charge in [0.15, 0.2) is 9.84 Å². The quantitative estimate of drug-likeness (QED) is 0.500. The normalized spacial score (nSPS) is 16.1. The predicted molar refractivity (Wildman–Crippen MR) is 137 cm³/mol. The van der Waals surface area contributed by atoms with Crippen LogP contribution < -0.4 is 5.32 Å². The Kier molecular flexibility index (Phi) is 7.32. The second-order valence-electron chi connectivity index (χ2n) is 7.99. The first-order chi connectivity index (χ1) is 16.7. The zero-order valence-electron chi connectivity index (χ0n) is 19.2. The fraction of sp³-hybridized carbons (Fsp3) is 0.200. The number of benzene rings is 2. The maximum absolute atomic E-state index is 12.7. The molecule has 4 rings (SSSR count). The molecule has 2 amide bonds. The largest absolute Gasteiger partial charge is 0.321 e. The van der Waals surface area contributed by atoms with E-state index in [1.54, 1.807) is 60.8 Å². The molecule has 0 saturated heterocycles. The lowest BCUT2D eigenvalue weighted by Gasteiger charge is -2.28. The van der Waals surface area contributed by atoms with Gasteiger partial charge in [0, 0.05) is 18.1 Å². The molecule has 3 aromatic rings. The first-order valence-corrected chi connectivity index (χ1v) is 13.7. The summed E-state index contributed by atoms with van der Waals surface area (Å²) in [5, 5.41) is 8.58. The topological polar surface area (TPSA) is 109 Å². The summed E-state index contributed by atoms with van der Waals surface area (Å²) < 4.78 is 23.6. The molecule has 2 heterocycles. The first-order valence-electron chi connectivity index (χ1n) is 10.9. The van der Waals surface area contributed by atoms with Crippen LogP contribution in [0.3, 0.4) is 0 Å². The second-order valence-corrected chi connectivity index (χ2v) is 11.2. The van der Waals surface area contributed by atoms with Gasteiger partial charge in [-0.05, 0) is 53.9 Å². The van der Waals surface area contributed by atoms with Gasteiger partial charge in [-0.25, -0.2) is 13.4 Å². The highest BCUT2D eigenvalue weighted by Gasteiger charge is 2.30. The minimum absolute atomic E-state index is 0.119. The van der Waals surface area contributed by atoms with Crippen LogP contribution in [0, 0.1) is 0 Å². The number of aromatic nitrogens is 1. The number of sulfone groups is 1. The van der Waals surface area contributed by atoms with Crippen molar-refractivity contribution in [3.8, 4) is 0 Å². The number of hydrogen-bond acceptors (Lipinski definition) is 7. The number of hydrazone groups is 1. The molecule has 1 aliphatic heterocycles. The van der Waals surface area contributed by atoms with E-state index >= 15 is 0 Å². The Morgan fingerprint density at radius 2 is 1.77 bits per heavy atom. The molecule has 1 atom stereocenters. The Hall–Kier alpha value is -3.50. The van der Waals surface area contributed by atoms with E-state index in [0.29, 0.717) is 17.8 Å². The Balaban J connectivity index is 1.50. The van der Waals surface area contributed by atoms with E-state index in [-0.39, 0.29) is 27.8 Å². The fourth-order valence-electron chi connectivity index (χ4n) is 3.53. The molecular formula is C25H24N4O4S2. The Labute approximate surface area is 208 Å². The van der Waals surface area contributed by atoms with E-state index in [0.717, 1.165) is 16.8 Å². The van der Waals surface area contributed by atoms with E-state index in [4.69, 9.17) is 0 Å². The average Bonchev–Trinajstić information content (AvgIpc) is 2.86. The summed E-state index contributed by atoms with van der Waals surface area (Å²) >= 11 is 1.21. The molecular weight excluding hydrogens is 484 g/mol. The van der Waals surface area contributed by atoms with Gasteiger partial charge in [0.1, 0.15) is 5.69 Å². The van der Waals surface area contributed by atoms with Gasteiger partial charge in [-0.2, -0.15) is 5.10 Å². The molecule has 1 unspecified atom stereocenters. The number of hydrogen-bond donors (Lipinski definition) is 1. The number of anilines is 1. The van der Waals surface area contributed by atoms with E-state index in [2.05, 4.69) is 15.4 Å². The molecule has 8 nitrogen and oxygen atoms in total. The van der Waals surface area contributed by atoms with Gasteiger partial charge in [0.25, 0.3) is 5.91 Å². The Morgan fingerprint density at radius 1 is 1.06 bits per heavy atom. The molecule has 35 heavy (non-hydrogen) atoms. The van der Waals surface area contributed by atoms with E-state index in [9.17, 15) is 18.0 Å². The van der Waals surface area contributed by atoms with Crippen LogP contribution in [0.5, 0.6) is 0 Å². The molecule has 1 aliphatic rings. The van der Waals surface area contributed by atoms with Gasteiger partial charge in [-0.3, -0.25) is 14.6 Å². The van der Waals surface area contributed by atoms with E-state index in [1.165, 1.54) is 23.0 Å². The van der Waals surface area contributed by atoms with Gasteiger partial charge in [-0.15, -0.1) is 0 Å². The standard InChI is InChI=1S/C25H24N4O4S2/c1-3-22-23(18-9-13-20(14-10-18)35(2,32)33)28-29(25(31)34-22)16-17-7-11-19(12-8-17)27-24(30)21-6-4-5-15-26-21/h4-15,22H,3,16H2,1-2H3,(H,27,30). The highest BCUT2D eigenvalue weighted by atomic mass is 32.2. The zero-order chi connectivity index (χ0) is 25.0. The van der Waals surface area contributed by atoms with Crippen molar-refractivity contribution < 1.29 is 18.0 Å². The molecule has 0 radical (unpaired) electrons. The van der Waals surface area contributed by atoms with Crippen molar-refractivity contribution in [2.75, 3.05) is 11.6 Å². The Morgan fingerprint density at radius 3 is 2.37 bits per heavy atom. The minimum atomic E-state index is -3.30. The van der Waals surface area contributed by atoms with Crippen LogP contribution in [-0.2, 0) is 16.4 Å². The third-order valence-corrected chi connectivity index (χ3v) is 7.76. The molecule has 0 spiro atoms.